The van der Waals surface area contributed by atoms with Crippen molar-refractivity contribution in [3.05, 3.63) is 78.4 Å². The summed E-state index contributed by atoms with van der Waals surface area (Å²) in [5.74, 6) is 0.0453. The number of aromatic nitrogens is 1. The molecule has 1 amide bonds. The van der Waals surface area contributed by atoms with Crippen LogP contribution in [0.2, 0.25) is 0 Å². The number of aliphatic hydroxyl groups excluding tert-OH is 2. The number of carbonyl (C=O) groups is 1. The molecule has 0 aliphatic carbocycles. The molecule has 0 saturated heterocycles. The summed E-state index contributed by atoms with van der Waals surface area (Å²) in [6, 6.07) is 21.9. The van der Waals surface area contributed by atoms with Crippen molar-refractivity contribution < 1.29 is 29.6 Å². The van der Waals surface area contributed by atoms with Gasteiger partial charge < -0.3 is 40.8 Å². The van der Waals surface area contributed by atoms with Gasteiger partial charge >= 0.3 is 0 Å². The van der Waals surface area contributed by atoms with Crippen LogP contribution in [-0.4, -0.2) is 64.7 Å². The van der Waals surface area contributed by atoms with Crippen LogP contribution in [0.4, 0.5) is 0 Å². The number of ether oxygens (including phenoxy) is 2. The number of H-pyrrole nitrogens is 1. The van der Waals surface area contributed by atoms with Gasteiger partial charge in [-0.3, -0.25) is 4.79 Å². The molecule has 2 unspecified atom stereocenters. The fourth-order valence-electron chi connectivity index (χ4n) is 4.06. The summed E-state index contributed by atoms with van der Waals surface area (Å²) < 4.78 is 11.8. The van der Waals surface area contributed by atoms with Gasteiger partial charge in [-0.1, -0.05) is 30.3 Å². The Morgan fingerprint density at radius 1 is 1.05 bits per heavy atom. The van der Waals surface area contributed by atoms with E-state index in [1.165, 1.54) is 18.2 Å². The zero-order valence-corrected chi connectivity index (χ0v) is 20.3. The highest BCUT2D eigenvalue weighted by Gasteiger charge is 2.22. The molecule has 4 aromatic rings. The number of hydrogen-bond donors (Lipinski definition) is 6. The standard InChI is InChI=1S/C28H31N3O6/c29-28(35)21-16-19(9-10-24(21)33)36-14-12-30-17-25(34)27(11-13-32)37-26-8-4-2-6-20(26)23-15-18-5-1-3-7-22(18)31-23/h1-10,15-16,25,27,30-34H,11-14,17H2,(H2,29,35). The number of nitrogens with one attached hydrogen (secondary N) is 2. The first-order valence-electron chi connectivity index (χ1n) is 12.1. The topological polar surface area (TPSA) is 150 Å². The Bertz CT molecular complexity index is 1310. The van der Waals surface area contributed by atoms with Crippen molar-refractivity contribution in [3.8, 4) is 28.5 Å². The normalized spacial score (nSPS) is 12.8. The van der Waals surface area contributed by atoms with Crippen LogP contribution in [0.15, 0.2) is 72.8 Å². The number of carbonyl (C=O) groups excluding carboxylic acids is 1. The van der Waals surface area contributed by atoms with Gasteiger partial charge in [0.25, 0.3) is 5.91 Å². The Kier molecular flexibility index (Phi) is 8.63. The van der Waals surface area contributed by atoms with Crippen molar-refractivity contribution in [3.63, 3.8) is 0 Å². The molecule has 4 rings (SSSR count). The molecule has 1 aromatic heterocycles. The average molecular weight is 506 g/mol. The number of fused-ring (bicyclic) bond motifs is 1. The first kappa shape index (κ1) is 26.0. The molecule has 2 atom stereocenters. The molecule has 37 heavy (non-hydrogen) atoms. The van der Waals surface area contributed by atoms with E-state index in [2.05, 4.69) is 16.4 Å². The molecule has 0 saturated carbocycles. The summed E-state index contributed by atoms with van der Waals surface area (Å²) in [4.78, 5) is 14.8. The monoisotopic (exact) mass is 505 g/mol. The Morgan fingerprint density at radius 3 is 2.62 bits per heavy atom. The summed E-state index contributed by atoms with van der Waals surface area (Å²) in [5, 5.41) is 34.2. The second kappa shape index (κ2) is 12.3. The fourth-order valence-corrected chi connectivity index (χ4v) is 4.06. The number of amides is 1. The lowest BCUT2D eigenvalue weighted by Gasteiger charge is -2.25. The minimum Gasteiger partial charge on any atom is -0.507 e. The fraction of sp³-hybridized carbons (Fsp3) is 0.250. The van der Waals surface area contributed by atoms with Crippen molar-refractivity contribution in [2.45, 2.75) is 18.6 Å². The van der Waals surface area contributed by atoms with Gasteiger partial charge in [0.05, 0.1) is 11.3 Å². The van der Waals surface area contributed by atoms with E-state index in [1.54, 1.807) is 0 Å². The highest BCUT2D eigenvalue weighted by molar-refractivity contribution is 5.95. The van der Waals surface area contributed by atoms with E-state index in [0.717, 1.165) is 22.2 Å². The maximum atomic E-state index is 11.4. The lowest BCUT2D eigenvalue weighted by atomic mass is 10.1. The molecule has 3 aromatic carbocycles. The summed E-state index contributed by atoms with van der Waals surface area (Å²) in [6.07, 6.45) is -1.28. The molecule has 7 N–H and O–H groups in total. The SMILES string of the molecule is NC(=O)c1cc(OCCNCC(O)C(CCO)Oc2ccccc2-c2cc3ccccc3[nH]2)ccc1O. The van der Waals surface area contributed by atoms with Gasteiger partial charge in [-0.05, 0) is 42.5 Å². The third-order valence-electron chi connectivity index (χ3n) is 5.96. The van der Waals surface area contributed by atoms with Crippen molar-refractivity contribution >= 4 is 16.8 Å². The quantitative estimate of drug-likeness (QED) is 0.153. The van der Waals surface area contributed by atoms with Gasteiger partial charge in [-0.2, -0.15) is 0 Å². The van der Waals surface area contributed by atoms with Crippen molar-refractivity contribution in [2.75, 3.05) is 26.3 Å². The molecule has 0 fully saturated rings. The number of nitrogens with two attached hydrogens (primary N) is 1. The second-order valence-electron chi connectivity index (χ2n) is 8.60. The largest absolute Gasteiger partial charge is 0.507 e. The van der Waals surface area contributed by atoms with Crippen molar-refractivity contribution in [2.24, 2.45) is 5.73 Å². The lowest BCUT2D eigenvalue weighted by molar-refractivity contribution is 0.0221. The number of para-hydroxylation sites is 2. The predicted octanol–water partition coefficient (Wildman–Crippen LogP) is 2.80. The predicted molar refractivity (Wildman–Crippen MR) is 141 cm³/mol. The number of primary amides is 1. The van der Waals surface area contributed by atoms with Crippen LogP contribution in [0.1, 0.15) is 16.8 Å². The van der Waals surface area contributed by atoms with Crippen LogP contribution in [0.5, 0.6) is 17.2 Å². The molecule has 0 bridgehead atoms. The minimum absolute atomic E-state index is 0.0161. The first-order chi connectivity index (χ1) is 18.0. The van der Waals surface area contributed by atoms with Crippen LogP contribution in [0.3, 0.4) is 0 Å². The average Bonchev–Trinajstić information content (AvgIpc) is 3.33. The number of rotatable bonds is 13. The zero-order valence-electron chi connectivity index (χ0n) is 20.3. The van der Waals surface area contributed by atoms with E-state index in [9.17, 15) is 20.1 Å². The third-order valence-corrected chi connectivity index (χ3v) is 5.96. The van der Waals surface area contributed by atoms with E-state index in [0.29, 0.717) is 18.0 Å². The van der Waals surface area contributed by atoms with Crippen LogP contribution in [0, 0.1) is 0 Å². The molecule has 194 valence electrons. The van der Waals surface area contributed by atoms with Crippen molar-refractivity contribution in [1.29, 1.82) is 0 Å². The van der Waals surface area contributed by atoms with E-state index in [1.807, 2.05) is 48.5 Å². The molecule has 0 aliphatic rings. The number of phenols is 1. The van der Waals surface area contributed by atoms with Gasteiger partial charge in [0, 0.05) is 42.6 Å². The number of aliphatic hydroxyl groups is 2. The van der Waals surface area contributed by atoms with Gasteiger partial charge in [0.15, 0.2) is 0 Å². The highest BCUT2D eigenvalue weighted by Crippen LogP contribution is 2.32. The van der Waals surface area contributed by atoms with Crippen LogP contribution < -0.4 is 20.5 Å². The number of aromatic amines is 1. The molecular formula is C28H31N3O6. The molecule has 1 heterocycles. The maximum Gasteiger partial charge on any atom is 0.252 e. The molecule has 0 aliphatic heterocycles. The highest BCUT2D eigenvalue weighted by atomic mass is 16.5. The number of aromatic hydroxyl groups is 1. The lowest BCUT2D eigenvalue weighted by Crippen LogP contribution is -2.41. The van der Waals surface area contributed by atoms with E-state index < -0.39 is 18.1 Å². The Morgan fingerprint density at radius 2 is 1.84 bits per heavy atom. The molecule has 0 radical (unpaired) electrons. The number of benzene rings is 3. The Hall–Kier alpha value is -4.05. The molecule has 9 nitrogen and oxygen atoms in total. The maximum absolute atomic E-state index is 11.4. The zero-order chi connectivity index (χ0) is 26.2. The third kappa shape index (κ3) is 6.59. The molecule has 9 heteroatoms. The summed E-state index contributed by atoms with van der Waals surface area (Å²) >= 11 is 0. The van der Waals surface area contributed by atoms with Gasteiger partial charge in [-0.15, -0.1) is 0 Å². The second-order valence-corrected chi connectivity index (χ2v) is 8.60. The summed E-state index contributed by atoms with van der Waals surface area (Å²) in [5.41, 5.74) is 8.00. The Labute approximate surface area is 214 Å². The van der Waals surface area contributed by atoms with Crippen LogP contribution >= 0.6 is 0 Å². The van der Waals surface area contributed by atoms with Crippen LogP contribution in [0.25, 0.3) is 22.2 Å². The van der Waals surface area contributed by atoms with E-state index in [4.69, 9.17) is 15.2 Å². The van der Waals surface area contributed by atoms with E-state index >= 15 is 0 Å². The Balaban J connectivity index is 1.34. The minimum atomic E-state index is -0.891. The summed E-state index contributed by atoms with van der Waals surface area (Å²) in [6.45, 7) is 0.735. The van der Waals surface area contributed by atoms with Crippen LogP contribution in [-0.2, 0) is 0 Å². The van der Waals surface area contributed by atoms with Crippen molar-refractivity contribution in [1.82, 2.24) is 10.3 Å². The van der Waals surface area contributed by atoms with Gasteiger partial charge in [0.2, 0.25) is 0 Å². The van der Waals surface area contributed by atoms with E-state index in [-0.39, 0.29) is 37.5 Å². The van der Waals surface area contributed by atoms with Gasteiger partial charge in [0.1, 0.15) is 36.1 Å². The summed E-state index contributed by atoms with van der Waals surface area (Å²) in [7, 11) is 0. The molecule has 0 spiro atoms. The molecular weight excluding hydrogens is 474 g/mol. The first-order valence-corrected chi connectivity index (χ1v) is 12.1. The van der Waals surface area contributed by atoms with Gasteiger partial charge in [-0.25, -0.2) is 0 Å². The smallest absolute Gasteiger partial charge is 0.252 e. The number of hydrogen-bond acceptors (Lipinski definition) is 7.